The summed E-state index contributed by atoms with van der Waals surface area (Å²) in [5, 5.41) is 9.43. The summed E-state index contributed by atoms with van der Waals surface area (Å²) in [5.41, 5.74) is 1.47. The molecule has 2 heterocycles. The first-order valence-corrected chi connectivity index (χ1v) is 13.2. The number of nitrogens with zero attached hydrogens (tertiary/aromatic N) is 2. The number of aryl methyl sites for hydroxylation is 1. The van der Waals surface area contributed by atoms with Crippen molar-refractivity contribution < 1.29 is 27.8 Å². The molecule has 9 heteroatoms. The third-order valence-corrected chi connectivity index (χ3v) is 8.58. The summed E-state index contributed by atoms with van der Waals surface area (Å²) in [6, 6.07) is 11.8. The Morgan fingerprint density at radius 3 is 2.38 bits per heavy atom. The molecule has 0 atom stereocenters. The summed E-state index contributed by atoms with van der Waals surface area (Å²) < 4.78 is 38.2. The maximum absolute atomic E-state index is 13.3. The van der Waals surface area contributed by atoms with Gasteiger partial charge in [0.1, 0.15) is 11.5 Å². The molecule has 2 aromatic carbocycles. The number of morpholine rings is 1. The summed E-state index contributed by atoms with van der Waals surface area (Å²) >= 11 is 0. The summed E-state index contributed by atoms with van der Waals surface area (Å²) in [6.07, 6.45) is 3.77. The summed E-state index contributed by atoms with van der Waals surface area (Å²) in [7, 11) is -2.22. The molecule has 2 aliphatic rings. The van der Waals surface area contributed by atoms with E-state index in [-0.39, 0.29) is 22.1 Å². The molecular weight excluding hydrogens is 456 g/mol. The van der Waals surface area contributed by atoms with Crippen LogP contribution >= 0.6 is 0 Å². The van der Waals surface area contributed by atoms with E-state index in [0.29, 0.717) is 51.1 Å². The molecule has 0 aromatic heterocycles. The Morgan fingerprint density at radius 1 is 1.06 bits per heavy atom. The number of hydrogen-bond acceptors (Lipinski definition) is 6. The minimum atomic E-state index is -3.71. The second-order valence-corrected chi connectivity index (χ2v) is 10.8. The van der Waals surface area contributed by atoms with Gasteiger partial charge in [-0.1, -0.05) is 12.1 Å². The van der Waals surface area contributed by atoms with E-state index in [4.69, 9.17) is 9.47 Å². The van der Waals surface area contributed by atoms with Gasteiger partial charge in [0.15, 0.2) is 0 Å². The van der Waals surface area contributed by atoms with Gasteiger partial charge in [0, 0.05) is 26.2 Å². The van der Waals surface area contributed by atoms with Crippen molar-refractivity contribution in [3.63, 3.8) is 0 Å². The van der Waals surface area contributed by atoms with Crippen molar-refractivity contribution in [3.05, 3.63) is 53.6 Å². The van der Waals surface area contributed by atoms with E-state index in [1.54, 1.807) is 23.1 Å². The van der Waals surface area contributed by atoms with E-state index in [2.05, 4.69) is 0 Å². The fourth-order valence-corrected chi connectivity index (χ4v) is 6.01. The molecule has 184 valence electrons. The molecular formula is C25H32N2O6S. The van der Waals surface area contributed by atoms with Crippen LogP contribution in [0.25, 0.3) is 0 Å². The van der Waals surface area contributed by atoms with Gasteiger partial charge in [-0.15, -0.1) is 0 Å². The quantitative estimate of drug-likeness (QED) is 0.644. The van der Waals surface area contributed by atoms with Crippen LogP contribution in [0.5, 0.6) is 11.5 Å². The highest BCUT2D eigenvalue weighted by Gasteiger charge is 2.30. The van der Waals surface area contributed by atoms with Crippen LogP contribution < -0.4 is 4.74 Å². The summed E-state index contributed by atoms with van der Waals surface area (Å²) in [6.45, 7) is 2.58. The molecule has 0 saturated carbocycles. The molecule has 1 amide bonds. The Morgan fingerprint density at radius 2 is 1.74 bits per heavy atom. The summed E-state index contributed by atoms with van der Waals surface area (Å²) in [5.74, 6) is 0.967. The number of carbonyl (C=O) groups excluding carboxylic acids is 1. The van der Waals surface area contributed by atoms with Crippen molar-refractivity contribution in [2.75, 3.05) is 46.5 Å². The first kappa shape index (κ1) is 24.5. The van der Waals surface area contributed by atoms with Gasteiger partial charge in [-0.2, -0.15) is 4.31 Å². The molecule has 0 spiro atoms. The molecule has 2 aromatic rings. The number of carbonyl (C=O) groups is 1. The molecule has 8 nitrogen and oxygen atoms in total. The van der Waals surface area contributed by atoms with Crippen molar-refractivity contribution in [1.29, 1.82) is 0 Å². The van der Waals surface area contributed by atoms with Gasteiger partial charge < -0.3 is 19.5 Å². The highest BCUT2D eigenvalue weighted by Crippen LogP contribution is 2.29. The molecule has 0 radical (unpaired) electrons. The van der Waals surface area contributed by atoms with Crippen LogP contribution in [0.1, 0.15) is 35.2 Å². The smallest absolute Gasteiger partial charge is 0.257 e. The number of phenols is 1. The Labute approximate surface area is 201 Å². The zero-order valence-electron chi connectivity index (χ0n) is 19.5. The molecule has 2 aliphatic heterocycles. The lowest BCUT2D eigenvalue weighted by Crippen LogP contribution is -2.41. The van der Waals surface area contributed by atoms with Gasteiger partial charge in [0.2, 0.25) is 10.0 Å². The Balaban J connectivity index is 1.41. The van der Waals surface area contributed by atoms with Crippen LogP contribution in [0.15, 0.2) is 47.4 Å². The number of rotatable bonds is 7. The fraction of sp³-hybridized carbons (Fsp3) is 0.480. The van der Waals surface area contributed by atoms with Crippen LogP contribution in [0.3, 0.4) is 0 Å². The maximum atomic E-state index is 13.3. The van der Waals surface area contributed by atoms with Gasteiger partial charge in [0.25, 0.3) is 5.91 Å². The van der Waals surface area contributed by atoms with Gasteiger partial charge in [-0.05, 0) is 67.5 Å². The van der Waals surface area contributed by atoms with Crippen LogP contribution in [0, 0.1) is 5.92 Å². The van der Waals surface area contributed by atoms with E-state index >= 15 is 0 Å². The van der Waals surface area contributed by atoms with Crippen molar-refractivity contribution in [2.24, 2.45) is 5.92 Å². The molecule has 0 unspecified atom stereocenters. The molecule has 0 bridgehead atoms. The third-order valence-electron chi connectivity index (χ3n) is 6.69. The van der Waals surface area contributed by atoms with Crippen LogP contribution in [-0.4, -0.2) is 75.1 Å². The van der Waals surface area contributed by atoms with Gasteiger partial charge in [-0.25, -0.2) is 8.42 Å². The molecule has 4 rings (SSSR count). The first-order chi connectivity index (χ1) is 16.4. The zero-order chi connectivity index (χ0) is 24.1. The highest BCUT2D eigenvalue weighted by molar-refractivity contribution is 7.89. The Hall–Kier alpha value is -2.62. The number of likely N-dealkylation sites (tertiary alicyclic amines) is 1. The lowest BCUT2D eigenvalue weighted by atomic mass is 9.90. The number of methoxy groups -OCH3 is 1. The minimum Gasteiger partial charge on any atom is -0.508 e. The maximum Gasteiger partial charge on any atom is 0.257 e. The minimum absolute atomic E-state index is 0.0994. The number of phenolic OH excluding ortho intramolecular Hbond substituents is 1. The van der Waals surface area contributed by atoms with Crippen molar-refractivity contribution in [1.82, 2.24) is 9.21 Å². The van der Waals surface area contributed by atoms with E-state index in [1.165, 1.54) is 29.1 Å². The molecule has 34 heavy (non-hydrogen) atoms. The second-order valence-electron chi connectivity index (χ2n) is 8.82. The molecule has 0 aliphatic carbocycles. The van der Waals surface area contributed by atoms with E-state index in [9.17, 15) is 18.3 Å². The normalized spacial score (nSPS) is 18.1. The van der Waals surface area contributed by atoms with Crippen LogP contribution in [0.2, 0.25) is 0 Å². The lowest BCUT2D eigenvalue weighted by Gasteiger charge is -2.32. The SMILES string of the molecule is COc1ccc(S(=O)(=O)N2CCOCC2)cc1C(=O)N1CCC(CCc2ccc(O)cc2)CC1. The number of ether oxygens (including phenoxy) is 2. The number of sulfonamides is 1. The van der Waals surface area contributed by atoms with Gasteiger partial charge >= 0.3 is 0 Å². The van der Waals surface area contributed by atoms with Crippen molar-refractivity contribution >= 4 is 15.9 Å². The average molecular weight is 489 g/mol. The molecule has 2 fully saturated rings. The number of amides is 1. The van der Waals surface area contributed by atoms with E-state index in [1.807, 2.05) is 12.1 Å². The van der Waals surface area contributed by atoms with Crippen LogP contribution in [0.4, 0.5) is 0 Å². The predicted molar refractivity (Wildman–Crippen MR) is 128 cm³/mol. The van der Waals surface area contributed by atoms with Gasteiger partial charge in [0.05, 0.1) is 30.8 Å². The number of hydrogen-bond donors (Lipinski definition) is 1. The van der Waals surface area contributed by atoms with Crippen molar-refractivity contribution in [2.45, 2.75) is 30.6 Å². The van der Waals surface area contributed by atoms with Crippen molar-refractivity contribution in [3.8, 4) is 11.5 Å². The third kappa shape index (κ3) is 5.54. The van der Waals surface area contributed by atoms with E-state index < -0.39 is 10.0 Å². The summed E-state index contributed by atoms with van der Waals surface area (Å²) in [4.78, 5) is 15.2. The standard InChI is InChI=1S/C25H32N2O6S/c1-32-24-9-8-22(34(30,31)27-14-16-33-17-15-27)18-23(24)25(29)26-12-10-20(11-13-26)3-2-19-4-6-21(28)7-5-19/h4-9,18,20,28H,2-3,10-17H2,1H3. The lowest BCUT2D eigenvalue weighted by molar-refractivity contribution is 0.0683. The number of aromatic hydroxyl groups is 1. The molecule has 1 N–H and O–H groups in total. The number of piperidine rings is 1. The Kier molecular flexibility index (Phi) is 7.75. The fourth-order valence-electron chi connectivity index (χ4n) is 4.58. The Bertz CT molecular complexity index is 1090. The molecule has 2 saturated heterocycles. The van der Waals surface area contributed by atoms with Crippen LogP contribution in [-0.2, 0) is 21.2 Å². The van der Waals surface area contributed by atoms with Gasteiger partial charge in [-0.3, -0.25) is 4.79 Å². The second kappa shape index (κ2) is 10.8. The highest BCUT2D eigenvalue weighted by atomic mass is 32.2. The number of benzene rings is 2. The first-order valence-electron chi connectivity index (χ1n) is 11.7. The average Bonchev–Trinajstić information content (AvgIpc) is 2.88. The topological polar surface area (TPSA) is 96.4 Å². The largest absolute Gasteiger partial charge is 0.508 e. The zero-order valence-corrected chi connectivity index (χ0v) is 20.3. The monoisotopic (exact) mass is 488 g/mol. The van der Waals surface area contributed by atoms with E-state index in [0.717, 1.165) is 25.7 Å². The predicted octanol–water partition coefficient (Wildman–Crippen LogP) is 2.91.